The van der Waals surface area contributed by atoms with Gasteiger partial charge in [-0.15, -0.1) is 0 Å². The molecular formula is C30H29O9PS2. The van der Waals surface area contributed by atoms with Crippen LogP contribution in [0, 0.1) is 0 Å². The number of rotatable bonds is 16. The Morgan fingerprint density at radius 3 is 1.81 bits per heavy atom. The monoisotopic (exact) mass is 628 g/mol. The van der Waals surface area contributed by atoms with Gasteiger partial charge >= 0.3 is 13.8 Å². The van der Waals surface area contributed by atoms with Crippen LogP contribution in [0.25, 0.3) is 0 Å². The molecule has 2 atom stereocenters. The number of benzene rings is 2. The first-order chi connectivity index (χ1) is 20.5. The van der Waals surface area contributed by atoms with Crippen molar-refractivity contribution in [3.63, 3.8) is 0 Å². The van der Waals surface area contributed by atoms with Crippen LogP contribution < -0.4 is 0 Å². The molecule has 5 rings (SSSR count). The van der Waals surface area contributed by atoms with Crippen LogP contribution in [0.1, 0.15) is 22.3 Å². The van der Waals surface area contributed by atoms with Crippen molar-refractivity contribution >= 4 is 36.5 Å². The standard InChI is InChI=1S/C30H29O9PS2/c31-15-26(39-40(33,36-18-22-7-3-1-4-8-22)37-19-23-9-5-2-6-10-23)27-28(34-16-24-11-13-41-20-24)29(30(32)38-27)35-17-25-12-14-42-21-25/h1-14,20-21,26-27,31H,15-19H2/t26-,27+/m0/s1. The number of thiophene rings is 2. The fourth-order valence-electron chi connectivity index (χ4n) is 3.94. The summed E-state index contributed by atoms with van der Waals surface area (Å²) in [6.07, 6.45) is -2.63. The van der Waals surface area contributed by atoms with E-state index in [1.54, 1.807) is 24.3 Å². The van der Waals surface area contributed by atoms with Gasteiger partial charge in [0.05, 0.1) is 19.8 Å². The topological polar surface area (TPSA) is 110 Å². The van der Waals surface area contributed by atoms with Crippen LogP contribution in [0.15, 0.2) is 106 Å². The van der Waals surface area contributed by atoms with E-state index >= 15 is 0 Å². The second-order valence-corrected chi connectivity index (χ2v) is 12.3. The molecule has 42 heavy (non-hydrogen) atoms. The minimum Gasteiger partial charge on any atom is -0.485 e. The highest BCUT2D eigenvalue weighted by atomic mass is 32.1. The summed E-state index contributed by atoms with van der Waals surface area (Å²) >= 11 is 3.00. The Kier molecular flexibility index (Phi) is 10.6. The summed E-state index contributed by atoms with van der Waals surface area (Å²) in [5.74, 6) is -0.908. The third-order valence-electron chi connectivity index (χ3n) is 6.09. The normalized spacial score (nSPS) is 15.9. The van der Waals surface area contributed by atoms with Gasteiger partial charge in [-0.1, -0.05) is 60.7 Å². The van der Waals surface area contributed by atoms with Gasteiger partial charge in [0.1, 0.15) is 19.3 Å². The minimum atomic E-state index is -4.33. The summed E-state index contributed by atoms with van der Waals surface area (Å²) in [6.45, 7) is -0.629. The van der Waals surface area contributed by atoms with Crippen molar-refractivity contribution in [3.05, 3.63) is 128 Å². The van der Waals surface area contributed by atoms with Crippen LogP contribution in [-0.4, -0.2) is 29.9 Å². The number of esters is 1. The van der Waals surface area contributed by atoms with Crippen molar-refractivity contribution in [1.82, 2.24) is 0 Å². The minimum absolute atomic E-state index is 0.0261. The number of phosphoric acid groups is 1. The number of aliphatic hydroxyl groups excluding tert-OH is 1. The number of aliphatic hydroxyl groups is 1. The molecule has 0 saturated carbocycles. The van der Waals surface area contributed by atoms with Crippen LogP contribution in [0.2, 0.25) is 0 Å². The third-order valence-corrected chi connectivity index (χ3v) is 8.97. The van der Waals surface area contributed by atoms with E-state index in [-0.39, 0.29) is 37.9 Å². The van der Waals surface area contributed by atoms with E-state index in [9.17, 15) is 14.5 Å². The number of carbonyl (C=O) groups excluding carboxylic acids is 1. The third kappa shape index (κ3) is 8.17. The van der Waals surface area contributed by atoms with Crippen molar-refractivity contribution < 1.29 is 42.2 Å². The van der Waals surface area contributed by atoms with E-state index < -0.39 is 32.6 Å². The van der Waals surface area contributed by atoms with Crippen molar-refractivity contribution in [2.45, 2.75) is 38.6 Å². The molecule has 12 heteroatoms. The number of hydrogen-bond donors (Lipinski definition) is 1. The van der Waals surface area contributed by atoms with Crippen molar-refractivity contribution in [3.8, 4) is 0 Å². The Morgan fingerprint density at radius 2 is 1.31 bits per heavy atom. The summed E-state index contributed by atoms with van der Waals surface area (Å²) < 4.78 is 48.7. The van der Waals surface area contributed by atoms with E-state index in [4.69, 9.17) is 27.8 Å². The highest BCUT2D eigenvalue weighted by molar-refractivity contribution is 7.48. The maximum Gasteiger partial charge on any atom is 0.475 e. The predicted octanol–water partition coefficient (Wildman–Crippen LogP) is 6.60. The van der Waals surface area contributed by atoms with Gasteiger partial charge in [0.15, 0.2) is 11.9 Å². The number of phosphoric ester groups is 1. The lowest BCUT2D eigenvalue weighted by atomic mass is 10.2. The zero-order chi connectivity index (χ0) is 29.2. The highest BCUT2D eigenvalue weighted by Gasteiger charge is 2.46. The lowest BCUT2D eigenvalue weighted by molar-refractivity contribution is -0.148. The van der Waals surface area contributed by atoms with Crippen molar-refractivity contribution in [2.24, 2.45) is 0 Å². The molecule has 0 bridgehead atoms. The second kappa shape index (κ2) is 14.8. The van der Waals surface area contributed by atoms with Gasteiger partial charge in [0.2, 0.25) is 5.76 Å². The first kappa shape index (κ1) is 30.2. The second-order valence-electron chi connectivity index (χ2n) is 9.15. The molecule has 0 radical (unpaired) electrons. The van der Waals surface area contributed by atoms with Gasteiger partial charge in [-0.2, -0.15) is 22.7 Å². The Labute approximate surface area is 251 Å². The molecule has 0 unspecified atom stereocenters. The smallest absolute Gasteiger partial charge is 0.475 e. The molecular weight excluding hydrogens is 599 g/mol. The molecule has 2 aromatic heterocycles. The van der Waals surface area contributed by atoms with E-state index in [1.807, 2.05) is 70.1 Å². The molecule has 1 aliphatic rings. The molecule has 3 heterocycles. The number of hydrogen-bond acceptors (Lipinski definition) is 11. The first-order valence-corrected chi connectivity index (χ1v) is 16.4. The molecule has 2 aromatic carbocycles. The average Bonchev–Trinajstić information content (AvgIpc) is 3.80. The van der Waals surface area contributed by atoms with E-state index in [0.717, 1.165) is 22.3 Å². The quantitative estimate of drug-likeness (QED) is 0.108. The summed E-state index contributed by atoms with van der Waals surface area (Å²) in [4.78, 5) is 13.0. The van der Waals surface area contributed by atoms with Gasteiger partial charge in [0, 0.05) is 0 Å². The lowest BCUT2D eigenvalue weighted by Gasteiger charge is -2.27. The van der Waals surface area contributed by atoms with Crippen LogP contribution in [-0.2, 0) is 63.6 Å². The molecule has 4 aromatic rings. The zero-order valence-corrected chi connectivity index (χ0v) is 24.9. The zero-order valence-electron chi connectivity index (χ0n) is 22.4. The van der Waals surface area contributed by atoms with E-state index in [1.165, 1.54) is 22.7 Å². The SMILES string of the molecule is O=C1O[C@H]([C@H](CO)OP(=O)(OCc2ccccc2)OCc2ccccc2)C(OCc2ccsc2)=C1OCc1ccsc1. The van der Waals surface area contributed by atoms with Gasteiger partial charge in [0.25, 0.3) is 0 Å². The maximum absolute atomic E-state index is 14.0. The molecule has 0 spiro atoms. The molecule has 0 aliphatic carbocycles. The number of carbonyl (C=O) groups is 1. The fraction of sp³-hybridized carbons (Fsp3) is 0.233. The summed E-state index contributed by atoms with van der Waals surface area (Å²) in [5.41, 5.74) is 3.21. The van der Waals surface area contributed by atoms with Crippen LogP contribution in [0.5, 0.6) is 0 Å². The lowest BCUT2D eigenvalue weighted by Crippen LogP contribution is -2.35. The van der Waals surface area contributed by atoms with Gasteiger partial charge < -0.3 is 19.3 Å². The molecule has 9 nitrogen and oxygen atoms in total. The molecule has 1 aliphatic heterocycles. The van der Waals surface area contributed by atoms with Crippen molar-refractivity contribution in [2.75, 3.05) is 6.61 Å². The Morgan fingerprint density at radius 1 is 0.762 bits per heavy atom. The Hall–Kier alpha value is -3.28. The van der Waals surface area contributed by atoms with E-state index in [2.05, 4.69) is 0 Å². The fourth-order valence-corrected chi connectivity index (χ4v) is 6.57. The highest BCUT2D eigenvalue weighted by Crippen LogP contribution is 2.53. The molecule has 0 amide bonds. The molecule has 220 valence electrons. The number of cyclic esters (lactones) is 1. The van der Waals surface area contributed by atoms with E-state index in [0.29, 0.717) is 0 Å². The van der Waals surface area contributed by atoms with Crippen LogP contribution in [0.3, 0.4) is 0 Å². The summed E-state index contributed by atoms with van der Waals surface area (Å²) in [6, 6.07) is 22.0. The Balaban J connectivity index is 1.38. The molecule has 0 saturated heterocycles. The Bertz CT molecular complexity index is 1430. The number of ether oxygens (including phenoxy) is 3. The molecule has 1 N–H and O–H groups in total. The van der Waals surface area contributed by atoms with Crippen molar-refractivity contribution in [1.29, 1.82) is 0 Å². The summed E-state index contributed by atoms with van der Waals surface area (Å²) in [5, 5.41) is 18.0. The van der Waals surface area contributed by atoms with Gasteiger partial charge in [-0.05, 0) is 55.9 Å². The largest absolute Gasteiger partial charge is 0.485 e. The predicted molar refractivity (Wildman–Crippen MR) is 157 cm³/mol. The van der Waals surface area contributed by atoms with Crippen LogP contribution in [0.4, 0.5) is 0 Å². The average molecular weight is 629 g/mol. The van der Waals surface area contributed by atoms with Gasteiger partial charge in [-0.25, -0.2) is 9.36 Å². The summed E-state index contributed by atoms with van der Waals surface area (Å²) in [7, 11) is -4.33. The first-order valence-electron chi connectivity index (χ1n) is 13.0. The van der Waals surface area contributed by atoms with Crippen LogP contribution >= 0.6 is 30.5 Å². The molecule has 0 fully saturated rings. The van der Waals surface area contributed by atoms with Gasteiger partial charge in [-0.3, -0.25) is 13.6 Å². The maximum atomic E-state index is 14.0.